The van der Waals surface area contributed by atoms with Crippen LogP contribution in [0.3, 0.4) is 0 Å². The van der Waals surface area contributed by atoms with Gasteiger partial charge in [-0.1, -0.05) is 30.3 Å². The Kier molecular flexibility index (Phi) is 3.00. The molecule has 0 aliphatic rings. The van der Waals surface area contributed by atoms with Crippen LogP contribution in [0.2, 0.25) is 0 Å². The minimum Gasteiger partial charge on any atom is -0.346 e. The summed E-state index contributed by atoms with van der Waals surface area (Å²) in [5.41, 5.74) is 4.82. The molecule has 0 saturated carbocycles. The molecule has 0 fully saturated rings. The average molecular weight is 326 g/mol. The molecule has 0 unspecified atom stereocenters. The molecule has 0 radical (unpaired) electrons. The summed E-state index contributed by atoms with van der Waals surface area (Å²) in [7, 11) is 0. The first-order valence-corrected chi connectivity index (χ1v) is 7.96. The van der Waals surface area contributed by atoms with E-state index in [9.17, 15) is 0 Å². The van der Waals surface area contributed by atoms with Gasteiger partial charge < -0.3 is 10.3 Å². The predicted molar refractivity (Wildman–Crippen MR) is 97.8 cm³/mol. The summed E-state index contributed by atoms with van der Waals surface area (Å²) in [6.45, 7) is 0. The van der Waals surface area contributed by atoms with Gasteiger partial charge in [0.15, 0.2) is 0 Å². The summed E-state index contributed by atoms with van der Waals surface area (Å²) in [5, 5.41) is 4.33. The second-order valence-corrected chi connectivity index (χ2v) is 5.74. The van der Waals surface area contributed by atoms with Gasteiger partial charge in [0.05, 0.1) is 23.0 Å². The van der Waals surface area contributed by atoms with Gasteiger partial charge in [0.1, 0.15) is 23.4 Å². The standard InChI is InChI=1S/C19H14N6/c1-2-4-13(5-3-1)16-10-21-17-7-6-14(11-25(16)17)24-19-15-8-9-20-18(15)22-12-23-19/h1-12H,(H2,20,22,23,24). The van der Waals surface area contributed by atoms with E-state index in [0.717, 1.165) is 39.4 Å². The van der Waals surface area contributed by atoms with Gasteiger partial charge in [0, 0.05) is 18.0 Å². The van der Waals surface area contributed by atoms with Crippen LogP contribution in [0.4, 0.5) is 11.5 Å². The molecule has 0 amide bonds. The number of hydrogen-bond acceptors (Lipinski definition) is 4. The van der Waals surface area contributed by atoms with Gasteiger partial charge in [-0.15, -0.1) is 0 Å². The molecule has 6 heteroatoms. The van der Waals surface area contributed by atoms with Crippen molar-refractivity contribution in [3.05, 3.63) is 73.4 Å². The molecule has 0 saturated heterocycles. The Morgan fingerprint density at radius 2 is 1.84 bits per heavy atom. The minimum atomic E-state index is 0.770. The third-order valence-electron chi connectivity index (χ3n) is 4.19. The second kappa shape index (κ2) is 5.45. The normalized spacial score (nSPS) is 11.2. The lowest BCUT2D eigenvalue weighted by atomic mass is 10.2. The molecule has 5 rings (SSSR count). The third-order valence-corrected chi connectivity index (χ3v) is 4.19. The monoisotopic (exact) mass is 326 g/mol. The maximum atomic E-state index is 4.49. The Balaban J connectivity index is 1.59. The summed E-state index contributed by atoms with van der Waals surface area (Å²) < 4.78 is 2.08. The Labute approximate surface area is 143 Å². The number of benzene rings is 1. The van der Waals surface area contributed by atoms with E-state index in [1.165, 1.54) is 0 Å². The van der Waals surface area contributed by atoms with Crippen LogP contribution < -0.4 is 5.32 Å². The van der Waals surface area contributed by atoms with Crippen LogP contribution in [0.25, 0.3) is 27.9 Å². The zero-order valence-electron chi connectivity index (χ0n) is 13.2. The molecule has 0 spiro atoms. The van der Waals surface area contributed by atoms with Gasteiger partial charge in [-0.2, -0.15) is 0 Å². The first kappa shape index (κ1) is 13.7. The van der Waals surface area contributed by atoms with E-state index in [1.54, 1.807) is 6.33 Å². The van der Waals surface area contributed by atoms with E-state index >= 15 is 0 Å². The molecule has 0 atom stereocenters. The van der Waals surface area contributed by atoms with Crippen LogP contribution >= 0.6 is 0 Å². The fraction of sp³-hybridized carbons (Fsp3) is 0. The number of H-pyrrole nitrogens is 1. The quantitative estimate of drug-likeness (QED) is 0.525. The average Bonchev–Trinajstić information content (AvgIpc) is 3.29. The summed E-state index contributed by atoms with van der Waals surface area (Å²) in [6.07, 6.45) is 7.33. The molecule has 4 heterocycles. The van der Waals surface area contributed by atoms with Gasteiger partial charge in [0.2, 0.25) is 0 Å². The predicted octanol–water partition coefficient (Wildman–Crippen LogP) is 4.02. The van der Waals surface area contributed by atoms with Crippen molar-refractivity contribution in [1.29, 1.82) is 0 Å². The summed E-state index contributed by atoms with van der Waals surface area (Å²) in [4.78, 5) is 16.2. The van der Waals surface area contributed by atoms with Crippen molar-refractivity contribution in [3.63, 3.8) is 0 Å². The lowest BCUT2D eigenvalue weighted by Crippen LogP contribution is -1.97. The highest BCUT2D eigenvalue weighted by atomic mass is 15.1. The maximum absolute atomic E-state index is 4.49. The zero-order valence-corrected chi connectivity index (χ0v) is 13.2. The Morgan fingerprint density at radius 3 is 2.76 bits per heavy atom. The summed E-state index contributed by atoms with van der Waals surface area (Å²) in [5.74, 6) is 0.770. The van der Waals surface area contributed by atoms with E-state index in [0.29, 0.717) is 0 Å². The second-order valence-electron chi connectivity index (χ2n) is 5.74. The molecule has 1 aromatic carbocycles. The topological polar surface area (TPSA) is 70.9 Å². The zero-order chi connectivity index (χ0) is 16.6. The minimum absolute atomic E-state index is 0.770. The number of aromatic amines is 1. The molecule has 6 nitrogen and oxygen atoms in total. The van der Waals surface area contributed by atoms with Crippen molar-refractivity contribution in [2.45, 2.75) is 0 Å². The van der Waals surface area contributed by atoms with E-state index in [4.69, 9.17) is 0 Å². The van der Waals surface area contributed by atoms with Crippen LogP contribution in [0.15, 0.2) is 73.4 Å². The van der Waals surface area contributed by atoms with Crippen molar-refractivity contribution in [2.75, 3.05) is 5.32 Å². The van der Waals surface area contributed by atoms with Crippen LogP contribution in [-0.2, 0) is 0 Å². The summed E-state index contributed by atoms with van der Waals surface area (Å²) >= 11 is 0. The van der Waals surface area contributed by atoms with Crippen LogP contribution in [0, 0.1) is 0 Å². The number of nitrogens with one attached hydrogen (secondary N) is 2. The van der Waals surface area contributed by atoms with Gasteiger partial charge in [-0.25, -0.2) is 15.0 Å². The van der Waals surface area contributed by atoms with Crippen molar-refractivity contribution in [1.82, 2.24) is 24.3 Å². The van der Waals surface area contributed by atoms with E-state index in [2.05, 4.69) is 41.8 Å². The number of rotatable bonds is 3. The molecule has 0 aliphatic heterocycles. The third kappa shape index (κ3) is 2.31. The lowest BCUT2D eigenvalue weighted by Gasteiger charge is -2.08. The van der Waals surface area contributed by atoms with E-state index < -0.39 is 0 Å². The first-order chi connectivity index (χ1) is 12.4. The first-order valence-electron chi connectivity index (χ1n) is 7.96. The molecule has 0 aliphatic carbocycles. The molecule has 4 aromatic heterocycles. The Morgan fingerprint density at radius 1 is 0.920 bits per heavy atom. The van der Waals surface area contributed by atoms with Crippen molar-refractivity contribution in [2.24, 2.45) is 0 Å². The van der Waals surface area contributed by atoms with Gasteiger partial charge in [0.25, 0.3) is 0 Å². The van der Waals surface area contributed by atoms with Crippen LogP contribution in [0.5, 0.6) is 0 Å². The maximum Gasteiger partial charge on any atom is 0.143 e. The molecular formula is C19H14N6. The molecule has 25 heavy (non-hydrogen) atoms. The largest absolute Gasteiger partial charge is 0.346 e. The van der Waals surface area contributed by atoms with Crippen LogP contribution in [-0.4, -0.2) is 24.3 Å². The number of pyridine rings is 1. The fourth-order valence-corrected chi connectivity index (χ4v) is 2.99. The highest BCUT2D eigenvalue weighted by molar-refractivity contribution is 5.88. The van der Waals surface area contributed by atoms with Crippen molar-refractivity contribution in [3.8, 4) is 11.3 Å². The molecular weight excluding hydrogens is 312 g/mol. The van der Waals surface area contributed by atoms with Crippen LogP contribution in [0.1, 0.15) is 0 Å². The van der Waals surface area contributed by atoms with Gasteiger partial charge in [-0.3, -0.25) is 4.40 Å². The number of anilines is 2. The lowest BCUT2D eigenvalue weighted by molar-refractivity contribution is 1.17. The number of nitrogens with zero attached hydrogens (tertiary/aromatic N) is 4. The van der Waals surface area contributed by atoms with E-state index in [-0.39, 0.29) is 0 Å². The molecule has 2 N–H and O–H groups in total. The number of fused-ring (bicyclic) bond motifs is 2. The molecule has 0 bridgehead atoms. The van der Waals surface area contributed by atoms with Gasteiger partial charge in [-0.05, 0) is 18.2 Å². The molecule has 120 valence electrons. The van der Waals surface area contributed by atoms with Gasteiger partial charge >= 0.3 is 0 Å². The summed E-state index contributed by atoms with van der Waals surface area (Å²) in [6, 6.07) is 16.2. The Hall–Kier alpha value is -3.67. The highest BCUT2D eigenvalue weighted by Crippen LogP contribution is 2.25. The fourth-order valence-electron chi connectivity index (χ4n) is 2.99. The highest BCUT2D eigenvalue weighted by Gasteiger charge is 2.08. The number of aromatic nitrogens is 5. The Bertz CT molecular complexity index is 1170. The van der Waals surface area contributed by atoms with Crippen molar-refractivity contribution < 1.29 is 0 Å². The van der Waals surface area contributed by atoms with Crippen molar-refractivity contribution >= 4 is 28.2 Å². The number of imidazole rings is 1. The smallest absolute Gasteiger partial charge is 0.143 e. The van der Waals surface area contributed by atoms with E-state index in [1.807, 2.05) is 55.0 Å². The number of hydrogen-bond donors (Lipinski definition) is 2. The molecule has 5 aromatic rings. The SMILES string of the molecule is c1ccc(-c2cnc3ccc(Nc4ncnc5[nH]ccc45)cn23)cc1.